The first-order chi connectivity index (χ1) is 7.39. The summed E-state index contributed by atoms with van der Waals surface area (Å²) in [5.41, 5.74) is 3.11. The Labute approximate surface area is 96.0 Å². The van der Waals surface area contributed by atoms with Gasteiger partial charge < -0.3 is 4.90 Å². The van der Waals surface area contributed by atoms with Crippen LogP contribution >= 0.6 is 0 Å². The van der Waals surface area contributed by atoms with Crippen molar-refractivity contribution in [3.05, 3.63) is 17.0 Å². The summed E-state index contributed by atoms with van der Waals surface area (Å²) in [5, 5.41) is 7.24. The highest BCUT2D eigenvalue weighted by Gasteiger charge is 2.30. The van der Waals surface area contributed by atoms with Crippen LogP contribution in [0.3, 0.4) is 0 Å². The molecule has 1 aromatic rings. The van der Waals surface area contributed by atoms with Crippen molar-refractivity contribution in [3.8, 4) is 0 Å². The van der Waals surface area contributed by atoms with Crippen molar-refractivity contribution in [1.29, 1.82) is 0 Å². The summed E-state index contributed by atoms with van der Waals surface area (Å²) in [6.45, 7) is 9.39. The van der Waals surface area contributed by atoms with E-state index in [0.29, 0.717) is 6.54 Å². The molecule has 0 saturated carbocycles. The Morgan fingerprint density at radius 2 is 2.12 bits per heavy atom. The number of carbonyl (C=O) groups excluding carboxylic acids is 1. The van der Waals surface area contributed by atoms with Crippen LogP contribution in [-0.4, -0.2) is 27.5 Å². The van der Waals surface area contributed by atoms with Crippen molar-refractivity contribution in [2.75, 3.05) is 6.54 Å². The molecule has 0 unspecified atom stereocenters. The second-order valence-electron chi connectivity index (χ2n) is 5.50. The maximum absolute atomic E-state index is 12.2. The number of rotatable bonds is 0. The minimum Gasteiger partial charge on any atom is -0.337 e. The first-order valence-corrected chi connectivity index (χ1v) is 5.71. The molecule has 2 heterocycles. The lowest BCUT2D eigenvalue weighted by Crippen LogP contribution is -2.42. The van der Waals surface area contributed by atoms with Crippen LogP contribution in [0.1, 0.15) is 37.7 Å². The zero-order valence-electron chi connectivity index (χ0n) is 10.4. The number of amides is 1. The lowest BCUT2D eigenvalue weighted by Gasteiger charge is -2.32. The average molecular weight is 221 g/mol. The van der Waals surface area contributed by atoms with E-state index in [1.165, 1.54) is 5.56 Å². The Balaban J connectivity index is 2.20. The summed E-state index contributed by atoms with van der Waals surface area (Å²) in [6, 6.07) is 0. The van der Waals surface area contributed by atoms with E-state index in [4.69, 9.17) is 0 Å². The molecule has 0 radical (unpaired) electrons. The van der Waals surface area contributed by atoms with Gasteiger partial charge in [0.05, 0.1) is 5.69 Å². The maximum atomic E-state index is 12.2. The molecule has 4 heteroatoms. The third-order valence-electron chi connectivity index (χ3n) is 3.06. The van der Waals surface area contributed by atoms with Crippen molar-refractivity contribution in [3.63, 3.8) is 0 Å². The number of fused-ring (bicyclic) bond motifs is 1. The summed E-state index contributed by atoms with van der Waals surface area (Å²) >= 11 is 0. The first kappa shape index (κ1) is 11.2. The molecule has 0 aromatic carbocycles. The highest BCUT2D eigenvalue weighted by Crippen LogP contribution is 2.24. The van der Waals surface area contributed by atoms with Crippen LogP contribution in [0.5, 0.6) is 0 Å². The zero-order chi connectivity index (χ0) is 11.9. The van der Waals surface area contributed by atoms with E-state index in [2.05, 4.69) is 10.2 Å². The number of hydrogen-bond acceptors (Lipinski definition) is 2. The van der Waals surface area contributed by atoms with Gasteiger partial charge in [0.25, 0.3) is 0 Å². The molecule has 0 atom stereocenters. The van der Waals surface area contributed by atoms with Crippen molar-refractivity contribution in [2.45, 2.75) is 40.7 Å². The van der Waals surface area contributed by atoms with Crippen molar-refractivity contribution >= 4 is 5.91 Å². The summed E-state index contributed by atoms with van der Waals surface area (Å²) in [6.07, 6.45) is 0.863. The fraction of sp³-hybridized carbons (Fsp3) is 0.667. The maximum Gasteiger partial charge on any atom is 0.228 e. The van der Waals surface area contributed by atoms with Crippen LogP contribution in [0.4, 0.5) is 0 Å². The summed E-state index contributed by atoms with van der Waals surface area (Å²) in [4.78, 5) is 14.1. The lowest BCUT2D eigenvalue weighted by atomic mass is 9.93. The highest BCUT2D eigenvalue weighted by atomic mass is 16.2. The molecule has 16 heavy (non-hydrogen) atoms. The van der Waals surface area contributed by atoms with Gasteiger partial charge in [-0.3, -0.25) is 9.89 Å². The van der Waals surface area contributed by atoms with Gasteiger partial charge in [-0.15, -0.1) is 0 Å². The molecule has 1 amide bonds. The molecule has 0 fully saturated rings. The summed E-state index contributed by atoms with van der Waals surface area (Å²) in [7, 11) is 0. The molecular weight excluding hydrogens is 202 g/mol. The molecule has 1 aliphatic heterocycles. The van der Waals surface area contributed by atoms with Gasteiger partial charge in [-0.2, -0.15) is 5.10 Å². The smallest absolute Gasteiger partial charge is 0.228 e. The second-order valence-corrected chi connectivity index (χ2v) is 5.50. The number of hydrogen-bond donors (Lipinski definition) is 1. The number of H-pyrrole nitrogens is 1. The standard InChI is InChI=1S/C12H19N3O/c1-8-9-7-15(11(16)12(2,3)4)6-5-10(9)14-13-8/h5-7H2,1-4H3,(H,13,14). The van der Waals surface area contributed by atoms with Crippen LogP contribution in [0.2, 0.25) is 0 Å². The third kappa shape index (κ3) is 1.84. The monoisotopic (exact) mass is 221 g/mol. The molecule has 0 saturated heterocycles. The SMILES string of the molecule is Cc1[nH]nc2c1CN(C(=O)C(C)(C)C)CC2. The second kappa shape index (κ2) is 3.61. The number of nitrogens with zero attached hydrogens (tertiary/aromatic N) is 2. The predicted octanol–water partition coefficient (Wildman–Crippen LogP) is 1.65. The van der Waals surface area contributed by atoms with E-state index in [0.717, 1.165) is 24.4 Å². The molecule has 88 valence electrons. The first-order valence-electron chi connectivity index (χ1n) is 5.71. The molecule has 2 rings (SSSR count). The molecule has 1 N–H and O–H groups in total. The van der Waals surface area contributed by atoms with Crippen LogP contribution in [0, 0.1) is 12.3 Å². The Hall–Kier alpha value is -1.32. The van der Waals surface area contributed by atoms with Crippen LogP contribution in [0.15, 0.2) is 0 Å². The van der Waals surface area contributed by atoms with E-state index in [1.54, 1.807) is 0 Å². The number of nitrogens with one attached hydrogen (secondary N) is 1. The summed E-state index contributed by atoms with van der Waals surface area (Å²) in [5.74, 6) is 0.221. The van der Waals surface area contributed by atoms with Crippen LogP contribution in [-0.2, 0) is 17.8 Å². The molecule has 0 aliphatic carbocycles. The minimum atomic E-state index is -0.296. The minimum absolute atomic E-state index is 0.221. The van der Waals surface area contributed by atoms with E-state index in [9.17, 15) is 4.79 Å². The zero-order valence-corrected chi connectivity index (χ0v) is 10.4. The van der Waals surface area contributed by atoms with Gasteiger partial charge in [-0.05, 0) is 6.92 Å². The Bertz CT molecular complexity index is 414. The van der Waals surface area contributed by atoms with Crippen LogP contribution in [0.25, 0.3) is 0 Å². The molecule has 0 spiro atoms. The quantitative estimate of drug-likeness (QED) is 0.724. The molecule has 1 aromatic heterocycles. The molecule has 4 nitrogen and oxygen atoms in total. The van der Waals surface area contributed by atoms with E-state index in [1.807, 2.05) is 32.6 Å². The largest absolute Gasteiger partial charge is 0.337 e. The van der Waals surface area contributed by atoms with Gasteiger partial charge >= 0.3 is 0 Å². The van der Waals surface area contributed by atoms with Gasteiger partial charge in [-0.25, -0.2) is 0 Å². The predicted molar refractivity (Wildman–Crippen MR) is 61.9 cm³/mol. The Morgan fingerprint density at radius 1 is 1.44 bits per heavy atom. The fourth-order valence-corrected chi connectivity index (χ4v) is 2.08. The van der Waals surface area contributed by atoms with E-state index < -0.39 is 0 Å². The number of aromatic nitrogens is 2. The lowest BCUT2D eigenvalue weighted by molar-refractivity contribution is -0.140. The number of aromatic amines is 1. The highest BCUT2D eigenvalue weighted by molar-refractivity contribution is 5.81. The number of aryl methyl sites for hydroxylation is 1. The van der Waals surface area contributed by atoms with Crippen molar-refractivity contribution in [2.24, 2.45) is 5.41 Å². The summed E-state index contributed by atoms with van der Waals surface area (Å²) < 4.78 is 0. The Morgan fingerprint density at radius 3 is 2.75 bits per heavy atom. The van der Waals surface area contributed by atoms with Gasteiger partial charge in [0.15, 0.2) is 0 Å². The Kier molecular flexibility index (Phi) is 2.52. The average Bonchev–Trinajstić information content (AvgIpc) is 2.58. The van der Waals surface area contributed by atoms with E-state index >= 15 is 0 Å². The van der Waals surface area contributed by atoms with Crippen LogP contribution < -0.4 is 0 Å². The molecule has 0 bridgehead atoms. The topological polar surface area (TPSA) is 49.0 Å². The van der Waals surface area contributed by atoms with E-state index in [-0.39, 0.29) is 11.3 Å². The molecular formula is C12H19N3O. The van der Waals surface area contributed by atoms with Gasteiger partial charge in [-0.1, -0.05) is 20.8 Å². The van der Waals surface area contributed by atoms with Crippen molar-refractivity contribution < 1.29 is 4.79 Å². The third-order valence-corrected chi connectivity index (χ3v) is 3.06. The molecule has 1 aliphatic rings. The normalized spacial score (nSPS) is 16.1. The van der Waals surface area contributed by atoms with Gasteiger partial charge in [0.2, 0.25) is 5.91 Å². The fourth-order valence-electron chi connectivity index (χ4n) is 2.08. The van der Waals surface area contributed by atoms with Gasteiger partial charge in [0.1, 0.15) is 0 Å². The number of carbonyl (C=O) groups is 1. The van der Waals surface area contributed by atoms with Gasteiger partial charge in [0, 0.05) is 36.2 Å². The van der Waals surface area contributed by atoms with Crippen molar-refractivity contribution in [1.82, 2.24) is 15.1 Å².